The maximum absolute atomic E-state index is 12.3. The van der Waals surface area contributed by atoms with Gasteiger partial charge in [-0.2, -0.15) is 4.98 Å². The molecule has 0 atom stereocenters. The van der Waals surface area contributed by atoms with Crippen LogP contribution in [-0.4, -0.2) is 42.6 Å². The number of allylic oxidation sites excluding steroid dienone is 1. The molecule has 2 N–H and O–H groups in total. The highest BCUT2D eigenvalue weighted by Crippen LogP contribution is 2.30. The molecule has 0 saturated heterocycles. The molecule has 1 amide bonds. The lowest BCUT2D eigenvalue weighted by Gasteiger charge is -2.30. The lowest BCUT2D eigenvalue weighted by Crippen LogP contribution is -2.34. The van der Waals surface area contributed by atoms with Gasteiger partial charge in [0.05, 0.1) is 5.69 Å². The van der Waals surface area contributed by atoms with E-state index in [1.807, 2.05) is 0 Å². The van der Waals surface area contributed by atoms with Gasteiger partial charge in [0, 0.05) is 38.7 Å². The van der Waals surface area contributed by atoms with Gasteiger partial charge in [0.15, 0.2) is 0 Å². The number of hydrogen-bond donors (Lipinski definition) is 2. The molecule has 170 valence electrons. The Hall–Kier alpha value is -2.11. The fourth-order valence-electron chi connectivity index (χ4n) is 5.29. The summed E-state index contributed by atoms with van der Waals surface area (Å²) in [4.78, 5) is 24.1. The van der Waals surface area contributed by atoms with Crippen LogP contribution in [0.3, 0.4) is 0 Å². The monoisotopic (exact) mass is 425 g/mol. The Morgan fingerprint density at radius 2 is 1.81 bits per heavy atom. The average molecular weight is 426 g/mol. The number of anilines is 2. The highest BCUT2D eigenvalue weighted by Gasteiger charge is 2.24. The van der Waals surface area contributed by atoms with Crippen molar-refractivity contribution in [2.45, 2.75) is 89.5 Å². The molecule has 0 bridgehead atoms. The predicted molar refractivity (Wildman–Crippen MR) is 127 cm³/mol. The van der Waals surface area contributed by atoms with Gasteiger partial charge in [0.25, 0.3) is 0 Å². The van der Waals surface area contributed by atoms with E-state index in [0.29, 0.717) is 18.4 Å². The van der Waals surface area contributed by atoms with E-state index in [9.17, 15) is 4.79 Å². The molecule has 1 aromatic heterocycles. The first-order valence-electron chi connectivity index (χ1n) is 12.4. The van der Waals surface area contributed by atoms with E-state index in [4.69, 9.17) is 9.97 Å². The number of amides is 1. The fraction of sp³-hybridized carbons (Fsp3) is 0.720. The zero-order chi connectivity index (χ0) is 21.6. The number of hydrogen-bond acceptors (Lipinski definition) is 5. The first-order valence-corrected chi connectivity index (χ1v) is 12.4. The van der Waals surface area contributed by atoms with Crippen LogP contribution in [0.2, 0.25) is 0 Å². The van der Waals surface area contributed by atoms with Gasteiger partial charge >= 0.3 is 0 Å². The lowest BCUT2D eigenvalue weighted by molar-refractivity contribution is -0.120. The van der Waals surface area contributed by atoms with Crippen LogP contribution in [0.4, 0.5) is 11.8 Å². The normalized spacial score (nSPS) is 23.5. The zero-order valence-electron chi connectivity index (χ0n) is 19.4. The van der Waals surface area contributed by atoms with Gasteiger partial charge < -0.3 is 15.5 Å². The molecular formula is C25H39N5O. The van der Waals surface area contributed by atoms with Crippen LogP contribution in [0, 0.1) is 5.92 Å². The molecule has 0 radical (unpaired) electrons. The van der Waals surface area contributed by atoms with Crippen molar-refractivity contribution < 1.29 is 4.79 Å². The van der Waals surface area contributed by atoms with Crippen molar-refractivity contribution in [2.24, 2.45) is 5.92 Å². The number of carbonyl (C=O) groups excluding carboxylic acids is 1. The number of aromatic nitrogens is 2. The van der Waals surface area contributed by atoms with Gasteiger partial charge in [-0.25, -0.2) is 4.98 Å². The molecule has 3 aliphatic carbocycles. The quantitative estimate of drug-likeness (QED) is 0.634. The number of fused-ring (bicyclic) bond motifs is 1. The average Bonchev–Trinajstić information content (AvgIpc) is 2.78. The van der Waals surface area contributed by atoms with Crippen LogP contribution in [0.15, 0.2) is 11.6 Å². The number of carbonyl (C=O) groups is 1. The minimum absolute atomic E-state index is 0.201. The SMILES string of the molecule is CN(C)c1nc(NC2CCC(CNC(=O)CC3=CCCCC3)CC2)nc2c1CCCC2. The molecule has 1 saturated carbocycles. The Morgan fingerprint density at radius 1 is 1.03 bits per heavy atom. The second-order valence-electron chi connectivity index (χ2n) is 9.85. The predicted octanol–water partition coefficient (Wildman–Crippen LogP) is 4.40. The molecule has 1 heterocycles. The molecule has 0 aliphatic heterocycles. The smallest absolute Gasteiger partial charge is 0.225 e. The fourth-order valence-corrected chi connectivity index (χ4v) is 5.29. The summed E-state index contributed by atoms with van der Waals surface area (Å²) in [6.45, 7) is 0.818. The van der Waals surface area contributed by atoms with E-state index in [1.165, 1.54) is 42.5 Å². The number of nitrogens with one attached hydrogen (secondary N) is 2. The van der Waals surface area contributed by atoms with Gasteiger partial charge in [-0.1, -0.05) is 11.6 Å². The van der Waals surface area contributed by atoms with Crippen LogP contribution in [0.25, 0.3) is 0 Å². The number of nitrogens with zero attached hydrogens (tertiary/aromatic N) is 3. The zero-order valence-corrected chi connectivity index (χ0v) is 19.4. The first-order chi connectivity index (χ1) is 15.1. The number of rotatable bonds is 7. The Bertz CT molecular complexity index is 795. The molecule has 1 fully saturated rings. The second kappa shape index (κ2) is 10.5. The van der Waals surface area contributed by atoms with E-state index in [0.717, 1.165) is 69.7 Å². The molecule has 1 aromatic rings. The third-order valence-electron chi connectivity index (χ3n) is 7.13. The maximum Gasteiger partial charge on any atom is 0.225 e. The molecule has 31 heavy (non-hydrogen) atoms. The van der Waals surface area contributed by atoms with Crippen LogP contribution in [0.5, 0.6) is 0 Å². The van der Waals surface area contributed by atoms with Crippen LogP contribution < -0.4 is 15.5 Å². The second-order valence-corrected chi connectivity index (χ2v) is 9.85. The Morgan fingerprint density at radius 3 is 2.55 bits per heavy atom. The summed E-state index contributed by atoms with van der Waals surface area (Å²) in [5, 5.41) is 6.81. The van der Waals surface area contributed by atoms with Crippen molar-refractivity contribution in [2.75, 3.05) is 30.9 Å². The summed E-state index contributed by atoms with van der Waals surface area (Å²) < 4.78 is 0. The summed E-state index contributed by atoms with van der Waals surface area (Å²) in [6, 6.07) is 0.427. The standard InChI is InChI=1S/C25H39N5O/c1-30(2)24-21-10-6-7-11-22(21)28-25(29-24)27-20-14-12-19(13-15-20)17-26-23(31)16-18-8-4-3-5-9-18/h8,19-20H,3-7,9-17H2,1-2H3,(H,26,31)(H,27,28,29). The molecule has 0 spiro atoms. The minimum atomic E-state index is 0.201. The van der Waals surface area contributed by atoms with Crippen LogP contribution >= 0.6 is 0 Å². The Balaban J connectivity index is 1.24. The largest absolute Gasteiger partial charge is 0.362 e. The highest BCUT2D eigenvalue weighted by atomic mass is 16.1. The van der Waals surface area contributed by atoms with Crippen molar-refractivity contribution in [3.05, 3.63) is 22.9 Å². The van der Waals surface area contributed by atoms with Crippen LogP contribution in [-0.2, 0) is 17.6 Å². The summed E-state index contributed by atoms with van der Waals surface area (Å²) in [6.07, 6.45) is 16.8. The molecule has 3 aliphatic rings. The van der Waals surface area contributed by atoms with E-state index in [-0.39, 0.29) is 5.91 Å². The van der Waals surface area contributed by atoms with Crippen molar-refractivity contribution in [1.82, 2.24) is 15.3 Å². The molecule has 0 aromatic carbocycles. The Labute approximate surface area is 187 Å². The first kappa shape index (κ1) is 22.1. The topological polar surface area (TPSA) is 70.2 Å². The van der Waals surface area contributed by atoms with Gasteiger partial charge in [0.2, 0.25) is 11.9 Å². The minimum Gasteiger partial charge on any atom is -0.362 e. The molecule has 6 nitrogen and oxygen atoms in total. The van der Waals surface area contributed by atoms with E-state index in [2.05, 4.69) is 35.7 Å². The van der Waals surface area contributed by atoms with E-state index in [1.54, 1.807) is 0 Å². The van der Waals surface area contributed by atoms with Crippen molar-refractivity contribution >= 4 is 17.7 Å². The molecular weight excluding hydrogens is 386 g/mol. The highest BCUT2D eigenvalue weighted by molar-refractivity contribution is 5.78. The summed E-state index contributed by atoms with van der Waals surface area (Å²) >= 11 is 0. The van der Waals surface area contributed by atoms with Gasteiger partial charge in [-0.05, 0) is 83.0 Å². The molecule has 6 heteroatoms. The van der Waals surface area contributed by atoms with Gasteiger partial charge in [-0.15, -0.1) is 0 Å². The van der Waals surface area contributed by atoms with Crippen molar-refractivity contribution in [1.29, 1.82) is 0 Å². The van der Waals surface area contributed by atoms with Gasteiger partial charge in [-0.3, -0.25) is 4.79 Å². The molecule has 4 rings (SSSR count). The maximum atomic E-state index is 12.3. The van der Waals surface area contributed by atoms with Gasteiger partial charge in [0.1, 0.15) is 5.82 Å². The van der Waals surface area contributed by atoms with E-state index < -0.39 is 0 Å². The van der Waals surface area contributed by atoms with Crippen molar-refractivity contribution in [3.63, 3.8) is 0 Å². The summed E-state index contributed by atoms with van der Waals surface area (Å²) in [7, 11) is 4.15. The van der Waals surface area contributed by atoms with E-state index >= 15 is 0 Å². The Kier molecular flexibility index (Phi) is 7.46. The van der Waals surface area contributed by atoms with Crippen LogP contribution in [0.1, 0.15) is 81.9 Å². The summed E-state index contributed by atoms with van der Waals surface area (Å²) in [5.41, 5.74) is 3.90. The molecule has 0 unspecified atom stereocenters. The lowest BCUT2D eigenvalue weighted by atomic mass is 9.86. The third-order valence-corrected chi connectivity index (χ3v) is 7.13. The third kappa shape index (κ3) is 5.98. The van der Waals surface area contributed by atoms with Crippen molar-refractivity contribution in [3.8, 4) is 0 Å². The number of aryl methyl sites for hydroxylation is 1. The summed E-state index contributed by atoms with van der Waals surface area (Å²) in [5.74, 6) is 2.66.